The highest BCUT2D eigenvalue weighted by Crippen LogP contribution is 2.60. The van der Waals surface area contributed by atoms with Crippen molar-refractivity contribution in [3.63, 3.8) is 0 Å². The molecular formula is C47H58ClN3O7Si. The predicted molar refractivity (Wildman–Crippen MR) is 232 cm³/mol. The largest absolute Gasteiger partial charge is 0.508 e. The Morgan fingerprint density at radius 3 is 2.07 bits per heavy atom. The summed E-state index contributed by atoms with van der Waals surface area (Å²) in [7, 11) is 2.98. The number of ether oxygens (including phenoxy) is 2. The van der Waals surface area contributed by atoms with Crippen LogP contribution < -0.4 is 9.47 Å². The van der Waals surface area contributed by atoms with Crippen LogP contribution in [0.25, 0.3) is 0 Å². The van der Waals surface area contributed by atoms with E-state index in [1.165, 1.54) is 0 Å². The molecule has 4 aromatic rings. The van der Waals surface area contributed by atoms with E-state index in [9.17, 15) is 5.11 Å². The zero-order valence-corrected chi connectivity index (χ0v) is 38.0. The van der Waals surface area contributed by atoms with E-state index in [0.717, 1.165) is 16.7 Å². The summed E-state index contributed by atoms with van der Waals surface area (Å²) in [5.74, 6) is -1.69. The summed E-state index contributed by atoms with van der Waals surface area (Å²) in [4.78, 5) is 35.2. The fourth-order valence-corrected chi connectivity index (χ4v) is 10.2. The molecule has 12 heteroatoms. The van der Waals surface area contributed by atoms with Crippen molar-refractivity contribution in [1.29, 1.82) is 0 Å². The number of aliphatic hydroxyl groups excluding tert-OH is 1. The van der Waals surface area contributed by atoms with Crippen molar-refractivity contribution < 1.29 is 33.1 Å². The zero-order chi connectivity index (χ0) is 42.8. The average Bonchev–Trinajstić information content (AvgIpc) is 3.59. The van der Waals surface area contributed by atoms with E-state index < -0.39 is 43.4 Å². The number of fused-ring (bicyclic) bond motifs is 4. The Bertz CT molecular complexity index is 2280. The van der Waals surface area contributed by atoms with Gasteiger partial charge in [0.1, 0.15) is 30.3 Å². The number of hydrogen-bond donors (Lipinski definition) is 1. The van der Waals surface area contributed by atoms with Crippen molar-refractivity contribution in [3.05, 3.63) is 122 Å². The maximum atomic E-state index is 15.6. The fourth-order valence-electron chi connectivity index (χ4n) is 8.50. The quantitative estimate of drug-likeness (QED) is 0.146. The number of aromatic nitrogens is 1. The van der Waals surface area contributed by atoms with E-state index in [4.69, 9.17) is 30.0 Å². The number of carbonyl (C=O) groups excluding carboxylic acids is 2. The minimum atomic E-state index is -2.89. The van der Waals surface area contributed by atoms with Crippen LogP contribution in [0.2, 0.25) is 23.2 Å². The Balaban J connectivity index is 1.42. The van der Waals surface area contributed by atoms with Crippen molar-refractivity contribution in [3.8, 4) is 11.6 Å². The van der Waals surface area contributed by atoms with Gasteiger partial charge >= 0.3 is 0 Å². The molecular weight excluding hydrogens is 782 g/mol. The SMILES string of the molecule is CN(C)[C@@H]1c2onc(OCc3ccccc3)c2C(=O)[C@@]2(O[Si](C)(C)C(C)(C)C)C(O)=C3C(=O)c4c(OCc5ccccc5)cc(CN(C)C(C)(C)C)c(Cl)c4C[C@H]3C[C@@H]12. The van der Waals surface area contributed by atoms with Gasteiger partial charge in [-0.25, -0.2) is 0 Å². The molecule has 3 aliphatic rings. The number of allylic oxidation sites excluding steroid dienone is 1. The molecule has 0 spiro atoms. The van der Waals surface area contributed by atoms with Crippen LogP contribution in [0.15, 0.2) is 82.6 Å². The van der Waals surface area contributed by atoms with Gasteiger partial charge in [0.2, 0.25) is 5.78 Å². The molecule has 59 heavy (non-hydrogen) atoms. The normalized spacial score (nSPS) is 22.0. The van der Waals surface area contributed by atoms with E-state index in [1.807, 2.05) is 92.8 Å². The van der Waals surface area contributed by atoms with Crippen LogP contribution in [0.5, 0.6) is 11.6 Å². The molecule has 10 nitrogen and oxygen atoms in total. The molecule has 1 heterocycles. The van der Waals surface area contributed by atoms with E-state index in [2.05, 4.69) is 64.7 Å². The molecule has 1 N–H and O–H groups in total. The van der Waals surface area contributed by atoms with Gasteiger partial charge in [0.15, 0.2) is 25.5 Å². The second-order valence-corrected chi connectivity index (χ2v) is 24.3. The standard InChI is InChI=1S/C47H58ClN3O7Si/c1-45(2,3)51(9)25-31-24-34(55-26-28-18-14-12-15-19-28)36-32(38(31)48)22-30-23-33-39(50(7)8)41-37(44(49-57-41)56-27-29-20-16-13-17-21-29)43(54)47(33,42(53)35(30)40(36)52)58-59(10,11)46(4,5)6/h12-21,24,30,33,39,53H,22-23,25-27H2,1-11H3/t30-,33-,39-,47-/m0/s1. The molecule has 3 aromatic carbocycles. The third-order valence-electron chi connectivity index (χ3n) is 13.1. The Kier molecular flexibility index (Phi) is 11.4. The van der Waals surface area contributed by atoms with Gasteiger partial charge < -0.3 is 23.5 Å². The number of aliphatic hydroxyl groups is 1. The third-order valence-corrected chi connectivity index (χ3v) is 18.0. The van der Waals surface area contributed by atoms with Gasteiger partial charge in [0.05, 0.1) is 11.6 Å². The zero-order valence-electron chi connectivity index (χ0n) is 36.2. The third kappa shape index (κ3) is 7.58. The molecule has 1 aromatic heterocycles. The van der Waals surface area contributed by atoms with Gasteiger partial charge in [-0.2, -0.15) is 0 Å². The van der Waals surface area contributed by atoms with Gasteiger partial charge in [-0.1, -0.05) is 93.0 Å². The minimum Gasteiger partial charge on any atom is -0.508 e. The highest BCUT2D eigenvalue weighted by Gasteiger charge is 2.67. The Hall–Kier alpha value is -4.26. The smallest absolute Gasteiger partial charge is 0.265 e. The lowest BCUT2D eigenvalue weighted by molar-refractivity contribution is -0.0480. The number of ketones is 2. The number of halogens is 1. The number of rotatable bonds is 11. The van der Waals surface area contributed by atoms with E-state index >= 15 is 9.59 Å². The van der Waals surface area contributed by atoms with Gasteiger partial charge in [-0.05, 0) is 112 Å². The van der Waals surface area contributed by atoms with Crippen LogP contribution >= 0.6 is 11.6 Å². The molecule has 0 radical (unpaired) electrons. The van der Waals surface area contributed by atoms with E-state index in [0.29, 0.717) is 47.0 Å². The number of Topliss-reactive ketones (excluding diaryl/α,β-unsaturated/α-hetero) is 2. The fraction of sp³-hybridized carbons (Fsp3) is 0.468. The summed E-state index contributed by atoms with van der Waals surface area (Å²) in [6.45, 7) is 17.7. The summed E-state index contributed by atoms with van der Waals surface area (Å²) in [5.41, 5.74) is 1.83. The summed E-state index contributed by atoms with van der Waals surface area (Å²) in [5, 5.41) is 17.5. The molecule has 0 amide bonds. The average molecular weight is 841 g/mol. The van der Waals surface area contributed by atoms with Crippen LogP contribution in [0.1, 0.15) is 103 Å². The molecule has 0 aliphatic heterocycles. The molecule has 314 valence electrons. The second-order valence-electron chi connectivity index (χ2n) is 19.2. The molecule has 0 saturated carbocycles. The van der Waals surface area contributed by atoms with Crippen molar-refractivity contribution in [1.82, 2.24) is 15.0 Å². The van der Waals surface area contributed by atoms with Crippen LogP contribution in [-0.2, 0) is 30.6 Å². The molecule has 0 unspecified atom stereocenters. The van der Waals surface area contributed by atoms with Gasteiger partial charge in [0.25, 0.3) is 5.88 Å². The Labute approximate surface area is 354 Å². The summed E-state index contributed by atoms with van der Waals surface area (Å²) in [6, 6.07) is 20.7. The number of benzene rings is 3. The monoisotopic (exact) mass is 839 g/mol. The topological polar surface area (TPSA) is 115 Å². The molecule has 0 fully saturated rings. The predicted octanol–water partition coefficient (Wildman–Crippen LogP) is 10.2. The number of carbonyl (C=O) groups is 2. The highest BCUT2D eigenvalue weighted by molar-refractivity contribution is 6.74. The first-order valence-electron chi connectivity index (χ1n) is 20.5. The van der Waals surface area contributed by atoms with Crippen molar-refractivity contribution >= 4 is 31.5 Å². The van der Waals surface area contributed by atoms with Crippen LogP contribution in [0.3, 0.4) is 0 Å². The van der Waals surface area contributed by atoms with Crippen molar-refractivity contribution in [2.75, 3.05) is 21.1 Å². The van der Waals surface area contributed by atoms with Gasteiger partial charge in [-0.3, -0.25) is 19.4 Å². The molecule has 4 atom stereocenters. The first-order valence-corrected chi connectivity index (χ1v) is 23.7. The Morgan fingerprint density at radius 2 is 1.51 bits per heavy atom. The summed E-state index contributed by atoms with van der Waals surface area (Å²) >= 11 is 7.36. The number of hydrogen-bond acceptors (Lipinski definition) is 10. The van der Waals surface area contributed by atoms with Crippen molar-refractivity contribution in [2.45, 2.75) is 109 Å². The van der Waals surface area contributed by atoms with Gasteiger partial charge in [-0.15, -0.1) is 0 Å². The lowest BCUT2D eigenvalue weighted by atomic mass is 9.58. The first kappa shape index (κ1) is 42.8. The highest BCUT2D eigenvalue weighted by atomic mass is 35.5. The van der Waals surface area contributed by atoms with Crippen LogP contribution in [0.4, 0.5) is 0 Å². The molecule has 7 rings (SSSR count). The lowest BCUT2D eigenvalue weighted by Gasteiger charge is -2.55. The first-order chi connectivity index (χ1) is 27.7. The molecule has 0 bridgehead atoms. The van der Waals surface area contributed by atoms with E-state index in [1.54, 1.807) is 0 Å². The Morgan fingerprint density at radius 1 is 0.915 bits per heavy atom. The summed E-state index contributed by atoms with van der Waals surface area (Å²) < 4.78 is 26.2. The van der Waals surface area contributed by atoms with Crippen LogP contribution in [0, 0.1) is 11.8 Å². The van der Waals surface area contributed by atoms with Crippen LogP contribution in [-0.4, -0.2) is 72.2 Å². The summed E-state index contributed by atoms with van der Waals surface area (Å²) in [6.07, 6.45) is 0.681. The van der Waals surface area contributed by atoms with Gasteiger partial charge in [0, 0.05) is 28.6 Å². The maximum absolute atomic E-state index is 15.6. The molecule has 3 aliphatic carbocycles. The minimum absolute atomic E-state index is 0.0220. The van der Waals surface area contributed by atoms with Crippen molar-refractivity contribution in [2.24, 2.45) is 11.8 Å². The second kappa shape index (κ2) is 15.6. The maximum Gasteiger partial charge on any atom is 0.265 e. The van der Waals surface area contributed by atoms with E-state index in [-0.39, 0.29) is 46.6 Å². The number of nitrogens with zero attached hydrogens (tertiary/aromatic N) is 3. The molecule has 0 saturated heterocycles. The lowest BCUT2D eigenvalue weighted by Crippen LogP contribution is -2.65.